The molecule has 2 saturated carbocycles. The standard InChI is InChI=1S/C18H18O3/c19-15-9-8-14-16(20)11-5-1-2-6-12(11)17(21)18(14)10-4-3-7-13(15)18/h1-2,5-6,13-14H,3-4,7-10H2/t13-,14-,18+/m0/s1. The van der Waals surface area contributed by atoms with Gasteiger partial charge in [-0.15, -0.1) is 0 Å². The number of carbonyl (C=O) groups is 3. The lowest BCUT2D eigenvalue weighted by Crippen LogP contribution is -2.57. The predicted octanol–water partition coefficient (Wildman–Crippen LogP) is 3.22. The summed E-state index contributed by atoms with van der Waals surface area (Å²) in [6.07, 6.45) is 4.42. The molecule has 0 N–H and O–H groups in total. The van der Waals surface area contributed by atoms with Gasteiger partial charge < -0.3 is 0 Å². The van der Waals surface area contributed by atoms with E-state index in [1.807, 2.05) is 12.1 Å². The quantitative estimate of drug-likeness (QED) is 0.734. The van der Waals surface area contributed by atoms with E-state index >= 15 is 0 Å². The molecule has 108 valence electrons. The van der Waals surface area contributed by atoms with E-state index in [2.05, 4.69) is 0 Å². The molecule has 3 heteroatoms. The Hall–Kier alpha value is -1.77. The third-order valence-corrected chi connectivity index (χ3v) is 5.82. The van der Waals surface area contributed by atoms with Crippen LogP contribution in [0, 0.1) is 17.3 Å². The van der Waals surface area contributed by atoms with Crippen LogP contribution in [0.4, 0.5) is 0 Å². The minimum atomic E-state index is -0.723. The molecule has 0 saturated heterocycles. The first-order chi connectivity index (χ1) is 10.2. The van der Waals surface area contributed by atoms with Crippen LogP contribution in [0.2, 0.25) is 0 Å². The largest absolute Gasteiger partial charge is 0.299 e. The lowest BCUT2D eigenvalue weighted by atomic mass is 9.48. The van der Waals surface area contributed by atoms with E-state index in [0.29, 0.717) is 30.4 Å². The maximum atomic E-state index is 13.2. The summed E-state index contributed by atoms with van der Waals surface area (Å²) in [5, 5.41) is 0. The Kier molecular flexibility index (Phi) is 2.69. The Morgan fingerprint density at radius 3 is 2.48 bits per heavy atom. The first-order valence-corrected chi connectivity index (χ1v) is 7.87. The van der Waals surface area contributed by atoms with Crippen LogP contribution in [0.3, 0.4) is 0 Å². The van der Waals surface area contributed by atoms with Gasteiger partial charge in [-0.3, -0.25) is 14.4 Å². The molecule has 2 fully saturated rings. The van der Waals surface area contributed by atoms with Crippen molar-refractivity contribution in [3.8, 4) is 0 Å². The van der Waals surface area contributed by atoms with Crippen molar-refractivity contribution in [3.05, 3.63) is 35.4 Å². The predicted molar refractivity (Wildman–Crippen MR) is 77.2 cm³/mol. The van der Waals surface area contributed by atoms with Gasteiger partial charge in [-0.05, 0) is 19.3 Å². The summed E-state index contributed by atoms with van der Waals surface area (Å²) in [6, 6.07) is 7.14. The van der Waals surface area contributed by atoms with Crippen LogP contribution in [-0.2, 0) is 4.79 Å². The molecule has 4 rings (SSSR count). The van der Waals surface area contributed by atoms with E-state index in [9.17, 15) is 14.4 Å². The number of hydrogen-bond acceptors (Lipinski definition) is 3. The maximum Gasteiger partial charge on any atom is 0.171 e. The summed E-state index contributed by atoms with van der Waals surface area (Å²) in [7, 11) is 0. The van der Waals surface area contributed by atoms with Crippen molar-refractivity contribution >= 4 is 17.3 Å². The average Bonchev–Trinajstić information content (AvgIpc) is 2.53. The summed E-state index contributed by atoms with van der Waals surface area (Å²) < 4.78 is 0. The molecular formula is C18H18O3. The summed E-state index contributed by atoms with van der Waals surface area (Å²) in [5.41, 5.74) is 0.385. The van der Waals surface area contributed by atoms with E-state index in [1.54, 1.807) is 12.1 Å². The van der Waals surface area contributed by atoms with Crippen LogP contribution < -0.4 is 0 Å². The molecule has 0 aromatic heterocycles. The molecule has 1 aromatic carbocycles. The molecular weight excluding hydrogens is 264 g/mol. The lowest BCUT2D eigenvalue weighted by molar-refractivity contribution is -0.133. The second-order valence-electron chi connectivity index (χ2n) is 6.64. The van der Waals surface area contributed by atoms with Gasteiger partial charge in [-0.2, -0.15) is 0 Å². The average molecular weight is 282 g/mol. The Bertz CT molecular complexity index is 660. The van der Waals surface area contributed by atoms with Crippen LogP contribution in [0.25, 0.3) is 0 Å². The Balaban J connectivity index is 1.95. The number of ketones is 3. The molecule has 0 heterocycles. The molecule has 21 heavy (non-hydrogen) atoms. The maximum absolute atomic E-state index is 13.2. The zero-order chi connectivity index (χ0) is 14.6. The summed E-state index contributed by atoms with van der Waals surface area (Å²) in [4.78, 5) is 38.5. The van der Waals surface area contributed by atoms with Gasteiger partial charge in [-0.1, -0.05) is 37.1 Å². The zero-order valence-electron chi connectivity index (χ0n) is 11.9. The van der Waals surface area contributed by atoms with Gasteiger partial charge in [0.2, 0.25) is 0 Å². The van der Waals surface area contributed by atoms with Crippen molar-refractivity contribution in [2.75, 3.05) is 0 Å². The Morgan fingerprint density at radius 2 is 1.67 bits per heavy atom. The van der Waals surface area contributed by atoms with Gasteiger partial charge in [-0.25, -0.2) is 0 Å². The van der Waals surface area contributed by atoms with Crippen LogP contribution in [0.1, 0.15) is 59.2 Å². The molecule has 3 aliphatic carbocycles. The van der Waals surface area contributed by atoms with E-state index in [4.69, 9.17) is 0 Å². The summed E-state index contributed by atoms with van der Waals surface area (Å²) in [6.45, 7) is 0. The van der Waals surface area contributed by atoms with Crippen molar-refractivity contribution in [3.63, 3.8) is 0 Å². The second kappa shape index (κ2) is 4.36. The molecule has 0 unspecified atom stereocenters. The molecule has 3 nitrogen and oxygen atoms in total. The van der Waals surface area contributed by atoms with Gasteiger partial charge in [0.1, 0.15) is 5.78 Å². The highest BCUT2D eigenvalue weighted by molar-refractivity contribution is 6.19. The zero-order valence-corrected chi connectivity index (χ0v) is 11.9. The van der Waals surface area contributed by atoms with E-state index in [-0.39, 0.29) is 29.2 Å². The van der Waals surface area contributed by atoms with E-state index in [1.165, 1.54) is 0 Å². The van der Waals surface area contributed by atoms with Crippen molar-refractivity contribution in [2.45, 2.75) is 38.5 Å². The summed E-state index contributed by atoms with van der Waals surface area (Å²) >= 11 is 0. The number of hydrogen-bond donors (Lipinski definition) is 0. The first-order valence-electron chi connectivity index (χ1n) is 7.87. The summed E-state index contributed by atoms with van der Waals surface area (Å²) in [5.74, 6) is -0.158. The molecule has 0 radical (unpaired) electrons. The Labute approximate surface area is 123 Å². The van der Waals surface area contributed by atoms with Crippen molar-refractivity contribution < 1.29 is 14.4 Å². The lowest BCUT2D eigenvalue weighted by Gasteiger charge is -2.51. The number of Topliss-reactive ketones (excluding diaryl/α,β-unsaturated/α-hetero) is 3. The monoisotopic (exact) mass is 282 g/mol. The molecule has 1 spiro atoms. The molecule has 0 bridgehead atoms. The number of benzene rings is 1. The van der Waals surface area contributed by atoms with E-state index < -0.39 is 5.41 Å². The van der Waals surface area contributed by atoms with Crippen LogP contribution in [0.5, 0.6) is 0 Å². The van der Waals surface area contributed by atoms with Gasteiger partial charge in [0.25, 0.3) is 0 Å². The molecule has 0 aliphatic heterocycles. The van der Waals surface area contributed by atoms with Crippen molar-refractivity contribution in [1.82, 2.24) is 0 Å². The minimum Gasteiger partial charge on any atom is -0.299 e. The fourth-order valence-electron chi connectivity index (χ4n) is 4.91. The molecule has 0 amide bonds. The van der Waals surface area contributed by atoms with Crippen molar-refractivity contribution in [2.24, 2.45) is 17.3 Å². The van der Waals surface area contributed by atoms with Gasteiger partial charge in [0.15, 0.2) is 11.6 Å². The number of carbonyl (C=O) groups excluding carboxylic acids is 3. The molecule has 1 aromatic rings. The van der Waals surface area contributed by atoms with Gasteiger partial charge in [0.05, 0.1) is 5.41 Å². The van der Waals surface area contributed by atoms with Crippen LogP contribution >= 0.6 is 0 Å². The number of fused-ring (bicyclic) bond motifs is 1. The topological polar surface area (TPSA) is 51.2 Å². The highest BCUT2D eigenvalue weighted by Crippen LogP contribution is 2.57. The SMILES string of the molecule is O=C1CC[C@H]2C(=O)c3ccccc3C(=O)[C@@]23CCCC[C@@H]13. The fraction of sp³-hybridized carbons (Fsp3) is 0.500. The van der Waals surface area contributed by atoms with Crippen LogP contribution in [0.15, 0.2) is 24.3 Å². The molecule has 3 atom stereocenters. The molecule has 3 aliphatic rings. The van der Waals surface area contributed by atoms with Crippen molar-refractivity contribution in [1.29, 1.82) is 0 Å². The van der Waals surface area contributed by atoms with Gasteiger partial charge >= 0.3 is 0 Å². The smallest absolute Gasteiger partial charge is 0.171 e. The van der Waals surface area contributed by atoms with Gasteiger partial charge in [0, 0.05) is 29.4 Å². The fourth-order valence-corrected chi connectivity index (χ4v) is 4.91. The Morgan fingerprint density at radius 1 is 0.905 bits per heavy atom. The highest BCUT2D eigenvalue weighted by atomic mass is 16.1. The third kappa shape index (κ3) is 1.52. The minimum absolute atomic E-state index is 0.0560. The van der Waals surface area contributed by atoms with E-state index in [0.717, 1.165) is 19.3 Å². The number of rotatable bonds is 0. The normalized spacial score (nSPS) is 35.0. The third-order valence-electron chi connectivity index (χ3n) is 5.82. The highest BCUT2D eigenvalue weighted by Gasteiger charge is 2.61. The van der Waals surface area contributed by atoms with Crippen LogP contribution in [-0.4, -0.2) is 17.3 Å². The second-order valence-corrected chi connectivity index (χ2v) is 6.64. The first kappa shape index (κ1) is 12.9.